The van der Waals surface area contributed by atoms with Crippen LogP contribution in [0.3, 0.4) is 0 Å². The average Bonchev–Trinajstić information content (AvgIpc) is 2.88. The largest absolute Gasteiger partial charge is 0.491 e. The minimum Gasteiger partial charge on any atom is -0.491 e. The van der Waals surface area contributed by atoms with Crippen LogP contribution in [0.2, 0.25) is 0 Å². The summed E-state index contributed by atoms with van der Waals surface area (Å²) in [5.41, 5.74) is 0.891. The normalized spacial score (nSPS) is 10.8. The number of hydrogen-bond acceptors (Lipinski definition) is 5. The number of nitrogens with zero attached hydrogens (tertiary/aromatic N) is 2. The summed E-state index contributed by atoms with van der Waals surface area (Å²) in [7, 11) is -3.91. The molecular weight excluding hydrogens is 306 g/mol. The first-order valence-corrected chi connectivity index (χ1v) is 6.90. The first-order chi connectivity index (χ1) is 9.04. The van der Waals surface area contributed by atoms with Gasteiger partial charge in [0.25, 0.3) is 0 Å². The van der Waals surface area contributed by atoms with Gasteiger partial charge in [-0.3, -0.25) is 4.18 Å². The summed E-state index contributed by atoms with van der Waals surface area (Å²) in [5, 5.41) is 4.69. The lowest BCUT2D eigenvalue weighted by Crippen LogP contribution is -2.19. The molecule has 2 N–H and O–H groups in total. The van der Waals surface area contributed by atoms with E-state index < -0.39 is 10.3 Å². The molecule has 1 heterocycles. The summed E-state index contributed by atoms with van der Waals surface area (Å²) in [5.74, 6) is 0.601. The number of imidazole rings is 1. The molecule has 0 aliphatic carbocycles. The Morgan fingerprint density at radius 2 is 2.10 bits per heavy atom. The number of ether oxygens (including phenoxy) is 1. The van der Waals surface area contributed by atoms with Crippen molar-refractivity contribution in [2.75, 3.05) is 13.2 Å². The molecule has 0 saturated carbocycles. The zero-order valence-corrected chi connectivity index (χ0v) is 12.0. The van der Waals surface area contributed by atoms with Crippen molar-refractivity contribution in [3.63, 3.8) is 0 Å². The number of halogens is 1. The third kappa shape index (κ3) is 5.17. The van der Waals surface area contributed by atoms with E-state index in [4.69, 9.17) is 4.74 Å². The number of aromatic nitrogens is 2. The van der Waals surface area contributed by atoms with Crippen molar-refractivity contribution >= 4 is 22.7 Å². The number of nitrogens with two attached hydrogens (primary N) is 1. The third-order valence-electron chi connectivity index (χ3n) is 2.22. The van der Waals surface area contributed by atoms with Gasteiger partial charge in [-0.15, -0.1) is 12.4 Å². The number of benzene rings is 1. The van der Waals surface area contributed by atoms with Crippen molar-refractivity contribution in [3.05, 3.63) is 43.0 Å². The van der Waals surface area contributed by atoms with Crippen LogP contribution in [0.4, 0.5) is 0 Å². The van der Waals surface area contributed by atoms with Crippen LogP contribution in [-0.2, 0) is 14.5 Å². The minimum atomic E-state index is -3.91. The van der Waals surface area contributed by atoms with Crippen molar-refractivity contribution < 1.29 is 17.3 Å². The monoisotopic (exact) mass is 319 g/mol. The smallest absolute Gasteiger partial charge is 0.333 e. The molecule has 0 aliphatic rings. The van der Waals surface area contributed by atoms with Gasteiger partial charge in [0.1, 0.15) is 19.0 Å². The van der Waals surface area contributed by atoms with Crippen molar-refractivity contribution in [3.8, 4) is 11.4 Å². The molecule has 110 valence electrons. The molecule has 0 spiro atoms. The van der Waals surface area contributed by atoms with E-state index in [0.717, 1.165) is 5.69 Å². The first-order valence-electron chi connectivity index (χ1n) is 5.43. The molecule has 7 nitrogen and oxygen atoms in total. The highest BCUT2D eigenvalue weighted by molar-refractivity contribution is 7.84. The van der Waals surface area contributed by atoms with E-state index in [1.165, 1.54) is 0 Å². The lowest BCUT2D eigenvalue weighted by Gasteiger charge is -2.08. The van der Waals surface area contributed by atoms with Crippen LogP contribution in [-0.4, -0.2) is 31.2 Å². The molecular formula is C11H14ClN3O4S. The van der Waals surface area contributed by atoms with Crippen LogP contribution in [0.15, 0.2) is 43.0 Å². The lowest BCUT2D eigenvalue weighted by atomic mass is 10.3. The average molecular weight is 320 g/mol. The SMILES string of the molecule is Cl.NS(=O)(=O)OCCOc1cccc(-n2ccnc2)c1. The molecule has 0 unspecified atom stereocenters. The van der Waals surface area contributed by atoms with E-state index in [1.807, 2.05) is 22.9 Å². The highest BCUT2D eigenvalue weighted by atomic mass is 35.5. The molecule has 0 amide bonds. The quantitative estimate of drug-likeness (QED) is 0.798. The molecule has 0 radical (unpaired) electrons. The van der Waals surface area contributed by atoms with Gasteiger partial charge in [-0.05, 0) is 12.1 Å². The van der Waals surface area contributed by atoms with Crippen molar-refractivity contribution in [2.45, 2.75) is 0 Å². The summed E-state index contributed by atoms with van der Waals surface area (Å²) >= 11 is 0. The van der Waals surface area contributed by atoms with E-state index in [0.29, 0.717) is 5.75 Å². The maximum Gasteiger partial charge on any atom is 0.333 e. The Morgan fingerprint density at radius 1 is 1.30 bits per heavy atom. The predicted molar refractivity (Wildman–Crippen MR) is 75.4 cm³/mol. The van der Waals surface area contributed by atoms with Crippen molar-refractivity contribution in [1.29, 1.82) is 0 Å². The number of hydrogen-bond donors (Lipinski definition) is 1. The molecule has 0 bridgehead atoms. The second-order valence-corrected chi connectivity index (χ2v) is 4.85. The topological polar surface area (TPSA) is 96.4 Å². The number of rotatable bonds is 6. The zero-order valence-electron chi connectivity index (χ0n) is 10.4. The molecule has 2 aromatic rings. The van der Waals surface area contributed by atoms with Gasteiger partial charge in [-0.2, -0.15) is 8.42 Å². The van der Waals surface area contributed by atoms with Crippen LogP contribution in [0.25, 0.3) is 5.69 Å². The Balaban J connectivity index is 0.00000200. The molecule has 0 saturated heterocycles. The van der Waals surface area contributed by atoms with Crippen LogP contribution >= 0.6 is 12.4 Å². The lowest BCUT2D eigenvalue weighted by molar-refractivity contribution is 0.221. The van der Waals surface area contributed by atoms with E-state index in [2.05, 4.69) is 14.3 Å². The molecule has 0 fully saturated rings. The Morgan fingerprint density at radius 3 is 2.75 bits per heavy atom. The second kappa shape index (κ2) is 7.25. The van der Waals surface area contributed by atoms with E-state index in [9.17, 15) is 8.42 Å². The Kier molecular flexibility index (Phi) is 5.96. The molecule has 0 aliphatic heterocycles. The van der Waals surface area contributed by atoms with Gasteiger partial charge < -0.3 is 9.30 Å². The van der Waals surface area contributed by atoms with Gasteiger partial charge in [0.15, 0.2) is 0 Å². The maximum atomic E-state index is 10.5. The minimum absolute atomic E-state index is 0. The van der Waals surface area contributed by atoms with Gasteiger partial charge in [0.05, 0.1) is 12.0 Å². The van der Waals surface area contributed by atoms with E-state index in [1.54, 1.807) is 24.7 Å². The van der Waals surface area contributed by atoms with E-state index >= 15 is 0 Å². The zero-order chi connectivity index (χ0) is 13.7. The van der Waals surface area contributed by atoms with Gasteiger partial charge >= 0.3 is 10.3 Å². The van der Waals surface area contributed by atoms with Crippen molar-refractivity contribution in [1.82, 2.24) is 9.55 Å². The molecule has 1 aromatic carbocycles. The van der Waals surface area contributed by atoms with Gasteiger partial charge in [-0.25, -0.2) is 10.1 Å². The standard InChI is InChI=1S/C11H13N3O4S.ClH/c12-19(15,16)18-7-6-17-11-3-1-2-10(8-11)14-5-4-13-9-14;/h1-5,8-9H,6-7H2,(H2,12,15,16);1H. The fraction of sp³-hybridized carbons (Fsp3) is 0.182. The maximum absolute atomic E-state index is 10.5. The van der Waals surface area contributed by atoms with E-state index in [-0.39, 0.29) is 25.6 Å². The molecule has 0 atom stereocenters. The summed E-state index contributed by atoms with van der Waals surface area (Å²) in [6.45, 7) is -0.0437. The summed E-state index contributed by atoms with van der Waals surface area (Å²) in [6, 6.07) is 7.29. The van der Waals surface area contributed by atoms with Crippen LogP contribution in [0.5, 0.6) is 5.75 Å². The summed E-state index contributed by atoms with van der Waals surface area (Å²) in [6.07, 6.45) is 5.15. The summed E-state index contributed by atoms with van der Waals surface area (Å²) in [4.78, 5) is 3.95. The van der Waals surface area contributed by atoms with Gasteiger partial charge in [-0.1, -0.05) is 6.07 Å². The van der Waals surface area contributed by atoms with Crippen molar-refractivity contribution in [2.24, 2.45) is 5.14 Å². The second-order valence-electron chi connectivity index (χ2n) is 3.63. The van der Waals surface area contributed by atoms with Crippen LogP contribution in [0, 0.1) is 0 Å². The Labute approximate surface area is 123 Å². The molecule has 2 rings (SSSR count). The Bertz CT molecular complexity index is 631. The van der Waals surface area contributed by atoms with Crippen LogP contribution < -0.4 is 9.88 Å². The molecule has 20 heavy (non-hydrogen) atoms. The highest BCUT2D eigenvalue weighted by Gasteiger charge is 2.02. The predicted octanol–water partition coefficient (Wildman–Crippen LogP) is 0.893. The third-order valence-corrected chi connectivity index (χ3v) is 2.72. The fourth-order valence-corrected chi connectivity index (χ4v) is 1.76. The highest BCUT2D eigenvalue weighted by Crippen LogP contribution is 2.16. The Hall–Kier alpha value is -1.61. The van der Waals surface area contributed by atoms with Gasteiger partial charge in [0, 0.05) is 18.5 Å². The first kappa shape index (κ1) is 16.4. The van der Waals surface area contributed by atoms with Crippen LogP contribution in [0.1, 0.15) is 0 Å². The van der Waals surface area contributed by atoms with Gasteiger partial charge in [0.2, 0.25) is 0 Å². The molecule has 1 aromatic heterocycles. The summed E-state index contributed by atoms with van der Waals surface area (Å²) < 4.78 is 32.6. The fourth-order valence-electron chi connectivity index (χ4n) is 1.46. The molecule has 9 heteroatoms.